The first-order valence-corrected chi connectivity index (χ1v) is 6.45. The van der Waals surface area contributed by atoms with Crippen molar-refractivity contribution in [2.45, 2.75) is 10.1 Å². The Morgan fingerprint density at radius 1 is 1.00 bits per heavy atom. The second-order valence-electron chi connectivity index (χ2n) is 3.85. The van der Waals surface area contributed by atoms with Crippen molar-refractivity contribution in [1.82, 2.24) is 0 Å². The molecule has 0 bridgehead atoms. The highest BCUT2D eigenvalue weighted by atomic mass is 32.2. The molecule has 2 rings (SSSR count). The third-order valence-electron chi connectivity index (χ3n) is 2.53. The Bertz CT molecular complexity index is 513. The van der Waals surface area contributed by atoms with E-state index in [1.807, 2.05) is 6.07 Å². The summed E-state index contributed by atoms with van der Waals surface area (Å²) in [6.45, 7) is 0.410. The number of nitrogens with two attached hydrogens (primary N) is 1. The van der Waals surface area contributed by atoms with Crippen molar-refractivity contribution in [3.05, 3.63) is 65.7 Å². The van der Waals surface area contributed by atoms with Crippen LogP contribution in [0.15, 0.2) is 53.4 Å². The SMILES string of the molecule is NCC(Sc1cccc(F)c1)c1ccc(F)cc1. The monoisotopic (exact) mass is 265 g/mol. The van der Waals surface area contributed by atoms with Gasteiger partial charge in [0, 0.05) is 16.7 Å². The van der Waals surface area contributed by atoms with Crippen LogP contribution < -0.4 is 5.73 Å². The van der Waals surface area contributed by atoms with Crippen LogP contribution in [0.3, 0.4) is 0 Å². The molecule has 0 fully saturated rings. The van der Waals surface area contributed by atoms with E-state index in [0.29, 0.717) is 6.54 Å². The Morgan fingerprint density at radius 2 is 1.72 bits per heavy atom. The quantitative estimate of drug-likeness (QED) is 0.852. The van der Waals surface area contributed by atoms with Gasteiger partial charge in [-0.05, 0) is 35.9 Å². The lowest BCUT2D eigenvalue weighted by molar-refractivity contribution is 0.624. The predicted molar refractivity (Wildman–Crippen MR) is 70.5 cm³/mol. The summed E-state index contributed by atoms with van der Waals surface area (Å²) < 4.78 is 25.9. The van der Waals surface area contributed by atoms with Gasteiger partial charge in [0.2, 0.25) is 0 Å². The lowest BCUT2D eigenvalue weighted by atomic mass is 10.1. The molecule has 0 aliphatic heterocycles. The van der Waals surface area contributed by atoms with Gasteiger partial charge in [-0.3, -0.25) is 0 Å². The fourth-order valence-corrected chi connectivity index (χ4v) is 2.69. The van der Waals surface area contributed by atoms with Crippen molar-refractivity contribution in [3.8, 4) is 0 Å². The summed E-state index contributed by atoms with van der Waals surface area (Å²) in [4.78, 5) is 0.815. The van der Waals surface area contributed by atoms with E-state index in [4.69, 9.17) is 5.73 Å². The van der Waals surface area contributed by atoms with Crippen molar-refractivity contribution in [1.29, 1.82) is 0 Å². The molecule has 18 heavy (non-hydrogen) atoms. The van der Waals surface area contributed by atoms with Gasteiger partial charge in [-0.1, -0.05) is 18.2 Å². The third kappa shape index (κ3) is 3.31. The second kappa shape index (κ2) is 5.98. The number of hydrogen-bond acceptors (Lipinski definition) is 2. The molecule has 0 heterocycles. The van der Waals surface area contributed by atoms with E-state index >= 15 is 0 Å². The summed E-state index contributed by atoms with van der Waals surface area (Å²) in [6.07, 6.45) is 0. The summed E-state index contributed by atoms with van der Waals surface area (Å²) in [7, 11) is 0. The molecule has 2 aromatic carbocycles. The molecule has 1 unspecified atom stereocenters. The molecule has 94 valence electrons. The zero-order valence-corrected chi connectivity index (χ0v) is 10.5. The third-order valence-corrected chi connectivity index (χ3v) is 3.81. The molecule has 1 nitrogen and oxygen atoms in total. The van der Waals surface area contributed by atoms with E-state index in [2.05, 4.69) is 0 Å². The Morgan fingerprint density at radius 3 is 2.33 bits per heavy atom. The molecule has 0 aromatic heterocycles. The molecule has 0 radical (unpaired) electrons. The molecular formula is C14H13F2NS. The molecule has 2 N–H and O–H groups in total. The van der Waals surface area contributed by atoms with E-state index in [0.717, 1.165) is 10.5 Å². The highest BCUT2D eigenvalue weighted by molar-refractivity contribution is 7.99. The van der Waals surface area contributed by atoms with Crippen molar-refractivity contribution in [2.24, 2.45) is 5.73 Å². The van der Waals surface area contributed by atoms with Gasteiger partial charge < -0.3 is 5.73 Å². The van der Waals surface area contributed by atoms with Crippen LogP contribution in [0.5, 0.6) is 0 Å². The van der Waals surface area contributed by atoms with Gasteiger partial charge >= 0.3 is 0 Å². The fraction of sp³-hybridized carbons (Fsp3) is 0.143. The maximum Gasteiger partial charge on any atom is 0.124 e. The smallest absolute Gasteiger partial charge is 0.124 e. The van der Waals surface area contributed by atoms with Gasteiger partial charge in [0.15, 0.2) is 0 Å². The Balaban J connectivity index is 2.17. The van der Waals surface area contributed by atoms with E-state index in [1.165, 1.54) is 36.0 Å². The maximum absolute atomic E-state index is 13.1. The first-order chi connectivity index (χ1) is 8.69. The molecule has 4 heteroatoms. The average molecular weight is 265 g/mol. The topological polar surface area (TPSA) is 26.0 Å². The maximum atomic E-state index is 13.1. The zero-order valence-electron chi connectivity index (χ0n) is 9.64. The van der Waals surface area contributed by atoms with Crippen LogP contribution in [0.1, 0.15) is 10.8 Å². The van der Waals surface area contributed by atoms with Gasteiger partial charge in [-0.15, -0.1) is 11.8 Å². The summed E-state index contributed by atoms with van der Waals surface area (Å²) in [5.74, 6) is -0.542. The molecule has 0 amide bonds. The first kappa shape index (κ1) is 13.1. The first-order valence-electron chi connectivity index (χ1n) is 5.57. The summed E-state index contributed by atoms with van der Waals surface area (Å²) >= 11 is 1.47. The summed E-state index contributed by atoms with van der Waals surface area (Å²) in [6, 6.07) is 12.6. The van der Waals surface area contributed by atoms with Crippen LogP contribution >= 0.6 is 11.8 Å². The van der Waals surface area contributed by atoms with Crippen molar-refractivity contribution in [2.75, 3.05) is 6.54 Å². The molecule has 0 saturated carbocycles. The van der Waals surface area contributed by atoms with Crippen molar-refractivity contribution >= 4 is 11.8 Å². The van der Waals surface area contributed by atoms with E-state index in [-0.39, 0.29) is 16.9 Å². The number of rotatable bonds is 4. The molecule has 2 aromatic rings. The highest BCUT2D eigenvalue weighted by Gasteiger charge is 2.11. The van der Waals surface area contributed by atoms with Gasteiger partial charge in [0.05, 0.1) is 0 Å². The zero-order chi connectivity index (χ0) is 13.0. The average Bonchev–Trinajstić information content (AvgIpc) is 2.37. The van der Waals surface area contributed by atoms with Crippen LogP contribution in [0.4, 0.5) is 8.78 Å². The summed E-state index contributed by atoms with van der Waals surface area (Å²) in [5.41, 5.74) is 6.66. The number of thioether (sulfide) groups is 1. The highest BCUT2D eigenvalue weighted by Crippen LogP contribution is 2.34. The van der Waals surface area contributed by atoms with Crippen molar-refractivity contribution < 1.29 is 8.78 Å². The van der Waals surface area contributed by atoms with Crippen LogP contribution in [0, 0.1) is 11.6 Å². The van der Waals surface area contributed by atoms with Gasteiger partial charge in [0.25, 0.3) is 0 Å². The lowest BCUT2D eigenvalue weighted by Gasteiger charge is -2.14. The van der Waals surface area contributed by atoms with Crippen molar-refractivity contribution in [3.63, 3.8) is 0 Å². The van der Waals surface area contributed by atoms with Crippen LogP contribution in [0.2, 0.25) is 0 Å². The van der Waals surface area contributed by atoms with E-state index in [9.17, 15) is 8.78 Å². The lowest BCUT2D eigenvalue weighted by Crippen LogP contribution is -2.09. The van der Waals surface area contributed by atoms with Gasteiger partial charge in [0.1, 0.15) is 11.6 Å². The van der Waals surface area contributed by atoms with E-state index in [1.54, 1.807) is 18.2 Å². The number of halogens is 2. The number of benzene rings is 2. The molecule has 0 saturated heterocycles. The van der Waals surface area contributed by atoms with Gasteiger partial charge in [-0.2, -0.15) is 0 Å². The normalized spacial score (nSPS) is 12.4. The van der Waals surface area contributed by atoms with Crippen LogP contribution in [-0.2, 0) is 0 Å². The molecular weight excluding hydrogens is 252 g/mol. The van der Waals surface area contributed by atoms with Gasteiger partial charge in [-0.25, -0.2) is 8.78 Å². The molecule has 1 atom stereocenters. The Hall–Kier alpha value is -1.39. The Labute approximate surface area is 109 Å². The number of hydrogen-bond donors (Lipinski definition) is 1. The minimum Gasteiger partial charge on any atom is -0.329 e. The summed E-state index contributed by atoms with van der Waals surface area (Å²) in [5, 5.41) is -0.00704. The molecule has 0 aliphatic carbocycles. The molecule has 0 aliphatic rings. The predicted octanol–water partition coefficient (Wildman–Crippen LogP) is 3.76. The standard InChI is InChI=1S/C14H13F2NS/c15-11-6-4-10(5-7-11)14(9-17)18-13-3-1-2-12(16)8-13/h1-8,14H,9,17H2. The second-order valence-corrected chi connectivity index (χ2v) is 5.13. The van der Waals surface area contributed by atoms with E-state index < -0.39 is 0 Å². The fourth-order valence-electron chi connectivity index (χ4n) is 1.63. The minimum absolute atomic E-state index is 0.00704. The largest absolute Gasteiger partial charge is 0.329 e. The van der Waals surface area contributed by atoms with Crippen LogP contribution in [-0.4, -0.2) is 6.54 Å². The molecule has 0 spiro atoms. The Kier molecular flexibility index (Phi) is 4.33. The van der Waals surface area contributed by atoms with Crippen LogP contribution in [0.25, 0.3) is 0 Å². The minimum atomic E-state index is -0.273.